The number of nitrogens with two attached hydrogens (primary N) is 1. The number of benzene rings is 1. The van der Waals surface area contributed by atoms with Gasteiger partial charge in [0, 0.05) is 10.7 Å². The molecule has 0 unspecified atom stereocenters. The number of hydrogen-bond acceptors (Lipinski definition) is 3. The minimum atomic E-state index is -0.791. The van der Waals surface area contributed by atoms with E-state index in [9.17, 15) is 4.79 Å². The maximum absolute atomic E-state index is 10.7. The lowest BCUT2D eigenvalue weighted by Gasteiger charge is -2.23. The molecule has 0 radical (unpaired) electrons. The summed E-state index contributed by atoms with van der Waals surface area (Å²) in [5.74, 6) is 0. The van der Waals surface area contributed by atoms with Gasteiger partial charge < -0.3 is 15.2 Å². The van der Waals surface area contributed by atoms with Gasteiger partial charge in [-0.2, -0.15) is 0 Å². The average molecular weight is 335 g/mol. The van der Waals surface area contributed by atoms with Crippen LogP contribution in [0.5, 0.6) is 0 Å². The number of rotatable bonds is 4. The topological polar surface area (TPSA) is 61.6 Å². The third kappa shape index (κ3) is 3.34. The van der Waals surface area contributed by atoms with E-state index < -0.39 is 12.2 Å². The molecule has 4 nitrogen and oxygen atoms in total. The fourth-order valence-corrected chi connectivity index (χ4v) is 2.22. The summed E-state index contributed by atoms with van der Waals surface area (Å²) in [7, 11) is 1.58. The first-order chi connectivity index (χ1) is 7.56. The number of methoxy groups -OCH3 is 1. The van der Waals surface area contributed by atoms with Gasteiger partial charge in [0.1, 0.15) is 12.2 Å². The zero-order chi connectivity index (χ0) is 12.1. The molecule has 1 rings (SSSR count). The van der Waals surface area contributed by atoms with Crippen LogP contribution in [0.25, 0.3) is 0 Å². The molecule has 0 fully saturated rings. The summed E-state index contributed by atoms with van der Waals surface area (Å²) in [6.45, 7) is 1.75. The third-order valence-electron chi connectivity index (χ3n) is 2.19. The van der Waals surface area contributed by atoms with Gasteiger partial charge in [-0.25, -0.2) is 4.79 Å². The van der Waals surface area contributed by atoms with Crippen LogP contribution in [0.1, 0.15) is 18.6 Å². The lowest BCUT2D eigenvalue weighted by atomic mass is 10.1. The Morgan fingerprint density at radius 3 is 2.56 bits per heavy atom. The monoisotopic (exact) mass is 335 g/mol. The van der Waals surface area contributed by atoms with Crippen molar-refractivity contribution in [3.8, 4) is 0 Å². The van der Waals surface area contributed by atoms with Crippen molar-refractivity contribution in [2.24, 2.45) is 5.73 Å². The molecule has 1 aromatic rings. The van der Waals surface area contributed by atoms with E-state index in [2.05, 4.69) is 22.6 Å². The molecule has 16 heavy (non-hydrogen) atoms. The Morgan fingerprint density at radius 2 is 2.06 bits per heavy atom. The molecule has 0 bridgehead atoms. The van der Waals surface area contributed by atoms with E-state index in [1.54, 1.807) is 14.0 Å². The predicted octanol–water partition coefficient (Wildman–Crippen LogP) is 2.46. The lowest BCUT2D eigenvalue weighted by molar-refractivity contribution is -0.0125. The summed E-state index contributed by atoms with van der Waals surface area (Å²) < 4.78 is 11.3. The van der Waals surface area contributed by atoms with E-state index in [0.717, 1.165) is 9.13 Å². The van der Waals surface area contributed by atoms with Crippen molar-refractivity contribution >= 4 is 28.7 Å². The summed E-state index contributed by atoms with van der Waals surface area (Å²) in [5, 5.41) is 0. The molecule has 0 aromatic heterocycles. The van der Waals surface area contributed by atoms with E-state index >= 15 is 0 Å². The van der Waals surface area contributed by atoms with Gasteiger partial charge in [-0.3, -0.25) is 0 Å². The van der Waals surface area contributed by atoms with Crippen LogP contribution in [0, 0.1) is 3.57 Å². The molecule has 0 aliphatic heterocycles. The smallest absolute Gasteiger partial charge is 0.404 e. The Kier molecular flexibility index (Phi) is 5.01. The number of hydrogen-bond donors (Lipinski definition) is 1. The first-order valence-electron chi connectivity index (χ1n) is 4.79. The Labute approximate surface area is 108 Å². The molecule has 2 atom stereocenters. The highest BCUT2D eigenvalue weighted by atomic mass is 127. The van der Waals surface area contributed by atoms with Gasteiger partial charge >= 0.3 is 6.09 Å². The number of carbonyl (C=O) groups is 1. The first kappa shape index (κ1) is 13.2. The third-order valence-corrected chi connectivity index (χ3v) is 3.18. The number of primary amides is 1. The van der Waals surface area contributed by atoms with Gasteiger partial charge in [0.25, 0.3) is 0 Å². The second-order valence-corrected chi connectivity index (χ2v) is 4.48. The molecule has 88 valence electrons. The number of ether oxygens (including phenoxy) is 2. The van der Waals surface area contributed by atoms with Crippen molar-refractivity contribution in [3.05, 3.63) is 33.4 Å². The van der Waals surface area contributed by atoms with Crippen LogP contribution < -0.4 is 5.73 Å². The van der Waals surface area contributed by atoms with Crippen LogP contribution in [-0.2, 0) is 9.47 Å². The van der Waals surface area contributed by atoms with Crippen LogP contribution in [0.2, 0.25) is 0 Å². The maximum Gasteiger partial charge on any atom is 0.404 e. The fraction of sp³-hybridized carbons (Fsp3) is 0.364. The molecule has 0 aliphatic rings. The van der Waals surface area contributed by atoms with Gasteiger partial charge in [-0.1, -0.05) is 18.2 Å². The van der Waals surface area contributed by atoms with Crippen LogP contribution in [0.15, 0.2) is 24.3 Å². The minimum absolute atomic E-state index is 0.305. The quantitative estimate of drug-likeness (QED) is 0.860. The Bertz CT molecular complexity index is 370. The zero-order valence-electron chi connectivity index (χ0n) is 9.14. The number of halogens is 1. The Morgan fingerprint density at radius 1 is 1.44 bits per heavy atom. The molecule has 0 aliphatic carbocycles. The van der Waals surface area contributed by atoms with Crippen LogP contribution >= 0.6 is 22.6 Å². The molecule has 5 heteroatoms. The van der Waals surface area contributed by atoms with Gasteiger partial charge in [0.2, 0.25) is 0 Å². The SMILES string of the molecule is CO[C@H](c1ccccc1I)[C@@H](C)OC(N)=O. The number of carbonyl (C=O) groups excluding carboxylic acids is 1. The lowest BCUT2D eigenvalue weighted by Crippen LogP contribution is -2.27. The molecule has 0 heterocycles. The Hall–Kier alpha value is -0.820. The van der Waals surface area contributed by atoms with Crippen molar-refractivity contribution in [1.29, 1.82) is 0 Å². The zero-order valence-corrected chi connectivity index (χ0v) is 11.3. The van der Waals surface area contributed by atoms with E-state index in [0.29, 0.717) is 0 Å². The van der Waals surface area contributed by atoms with Crippen LogP contribution in [-0.4, -0.2) is 19.3 Å². The molecular weight excluding hydrogens is 321 g/mol. The molecule has 1 aromatic carbocycles. The van der Waals surface area contributed by atoms with Crippen molar-refractivity contribution in [2.75, 3.05) is 7.11 Å². The highest BCUT2D eigenvalue weighted by Crippen LogP contribution is 2.26. The second kappa shape index (κ2) is 6.05. The maximum atomic E-state index is 10.7. The minimum Gasteiger partial charge on any atom is -0.444 e. The molecular formula is C11H14INO3. The predicted molar refractivity (Wildman–Crippen MR) is 69.0 cm³/mol. The van der Waals surface area contributed by atoms with Gasteiger partial charge in [0.05, 0.1) is 0 Å². The molecule has 0 spiro atoms. The summed E-state index contributed by atoms with van der Waals surface area (Å²) >= 11 is 2.21. The standard InChI is InChI=1S/C11H14INO3/c1-7(16-11(13)14)10(15-2)8-5-3-4-6-9(8)12/h3-7,10H,1-2H3,(H2,13,14)/t7-,10+/m1/s1. The first-order valence-corrected chi connectivity index (χ1v) is 5.87. The summed E-state index contributed by atoms with van der Waals surface area (Å²) in [5.41, 5.74) is 5.97. The average Bonchev–Trinajstić information content (AvgIpc) is 2.20. The molecule has 0 saturated carbocycles. The van der Waals surface area contributed by atoms with E-state index in [1.165, 1.54) is 0 Å². The second-order valence-electron chi connectivity index (χ2n) is 3.32. The highest BCUT2D eigenvalue weighted by Gasteiger charge is 2.23. The summed E-state index contributed by atoms with van der Waals surface area (Å²) in [4.78, 5) is 10.7. The van der Waals surface area contributed by atoms with E-state index in [4.69, 9.17) is 15.2 Å². The molecule has 0 saturated heterocycles. The van der Waals surface area contributed by atoms with Gasteiger partial charge in [0.15, 0.2) is 0 Å². The van der Waals surface area contributed by atoms with Gasteiger partial charge in [-0.15, -0.1) is 0 Å². The fourth-order valence-electron chi connectivity index (χ4n) is 1.52. The van der Waals surface area contributed by atoms with Crippen molar-refractivity contribution in [2.45, 2.75) is 19.1 Å². The molecule has 1 amide bonds. The van der Waals surface area contributed by atoms with Crippen molar-refractivity contribution in [3.63, 3.8) is 0 Å². The number of amides is 1. The van der Waals surface area contributed by atoms with E-state index in [-0.39, 0.29) is 6.10 Å². The Balaban J connectivity index is 2.90. The molecule has 2 N–H and O–H groups in total. The summed E-state index contributed by atoms with van der Waals surface area (Å²) in [6, 6.07) is 7.77. The summed E-state index contributed by atoms with van der Waals surface area (Å²) in [6.07, 6.45) is -1.51. The van der Waals surface area contributed by atoms with E-state index in [1.807, 2.05) is 24.3 Å². The van der Waals surface area contributed by atoms with Crippen molar-refractivity contribution in [1.82, 2.24) is 0 Å². The van der Waals surface area contributed by atoms with Gasteiger partial charge in [-0.05, 0) is 41.1 Å². The van der Waals surface area contributed by atoms with Crippen LogP contribution in [0.4, 0.5) is 4.79 Å². The highest BCUT2D eigenvalue weighted by molar-refractivity contribution is 14.1. The van der Waals surface area contributed by atoms with Crippen molar-refractivity contribution < 1.29 is 14.3 Å². The normalized spacial score (nSPS) is 14.2. The largest absolute Gasteiger partial charge is 0.444 e. The van der Waals surface area contributed by atoms with Crippen LogP contribution in [0.3, 0.4) is 0 Å².